The molecule has 1 unspecified atom stereocenters. The van der Waals surface area contributed by atoms with Crippen LogP contribution in [0, 0.1) is 6.07 Å². The highest BCUT2D eigenvalue weighted by Gasteiger charge is 2.16. The lowest BCUT2D eigenvalue weighted by atomic mass is 10.2. The summed E-state index contributed by atoms with van der Waals surface area (Å²) in [6, 6.07) is 8.68. The molecule has 0 saturated heterocycles. The van der Waals surface area contributed by atoms with E-state index in [2.05, 4.69) is 27.1 Å². The molecule has 1 heterocycles. The normalized spacial score (nSPS) is 12.7. The highest BCUT2D eigenvalue weighted by atomic mass is 79.9. The molecule has 0 aliphatic rings. The first-order valence-corrected chi connectivity index (χ1v) is 6.25. The topological polar surface area (TPSA) is 27.1 Å². The second-order valence-electron chi connectivity index (χ2n) is 3.53. The molecular formula is C12H11BrClN2O. The largest absolute Gasteiger partial charge is 0.375 e. The third-order valence-electron chi connectivity index (χ3n) is 2.50. The Bertz CT molecular complexity index is 507. The van der Waals surface area contributed by atoms with Crippen LogP contribution in [-0.2, 0) is 4.74 Å². The molecule has 1 radical (unpaired) electrons. The van der Waals surface area contributed by atoms with Crippen molar-refractivity contribution >= 4 is 27.5 Å². The molecule has 2 aromatic rings. The Morgan fingerprint density at radius 1 is 1.53 bits per heavy atom. The Kier molecular flexibility index (Phi) is 3.86. The second kappa shape index (κ2) is 5.21. The Hall–Kier alpha value is -0.840. The SMILES string of the molecule is COC(C)c1[c]cnn1-c1c(Cl)cccc1Br. The van der Waals surface area contributed by atoms with Crippen LogP contribution in [0.15, 0.2) is 28.9 Å². The molecule has 0 aliphatic heterocycles. The highest BCUT2D eigenvalue weighted by Crippen LogP contribution is 2.30. The van der Waals surface area contributed by atoms with Gasteiger partial charge in [0, 0.05) is 17.6 Å². The molecule has 3 nitrogen and oxygen atoms in total. The van der Waals surface area contributed by atoms with E-state index in [1.54, 1.807) is 18.0 Å². The smallest absolute Gasteiger partial charge is 0.0978 e. The van der Waals surface area contributed by atoms with Gasteiger partial charge in [0.05, 0.1) is 28.7 Å². The minimum Gasteiger partial charge on any atom is -0.375 e. The van der Waals surface area contributed by atoms with Gasteiger partial charge in [0.15, 0.2) is 0 Å². The molecule has 0 fully saturated rings. The zero-order valence-electron chi connectivity index (χ0n) is 9.45. The van der Waals surface area contributed by atoms with Gasteiger partial charge in [-0.25, -0.2) is 4.68 Å². The zero-order chi connectivity index (χ0) is 12.4. The van der Waals surface area contributed by atoms with Gasteiger partial charge in [-0.2, -0.15) is 5.10 Å². The first kappa shape index (κ1) is 12.6. The molecule has 0 N–H and O–H groups in total. The van der Waals surface area contributed by atoms with Gasteiger partial charge < -0.3 is 4.74 Å². The zero-order valence-corrected chi connectivity index (χ0v) is 11.8. The average Bonchev–Trinajstić information content (AvgIpc) is 2.77. The number of halogens is 2. The molecule has 0 amide bonds. The predicted octanol–water partition coefficient (Wildman–Crippen LogP) is 3.80. The molecule has 0 aliphatic carbocycles. The number of ether oxygens (including phenoxy) is 1. The average molecular weight is 315 g/mol. The predicted molar refractivity (Wildman–Crippen MR) is 70.5 cm³/mol. The Balaban J connectivity index is 2.58. The van der Waals surface area contributed by atoms with Gasteiger partial charge in [-0.05, 0) is 35.0 Å². The third kappa shape index (κ3) is 2.39. The van der Waals surface area contributed by atoms with Crippen LogP contribution in [0.3, 0.4) is 0 Å². The number of benzene rings is 1. The summed E-state index contributed by atoms with van der Waals surface area (Å²) in [4.78, 5) is 0. The van der Waals surface area contributed by atoms with Crippen molar-refractivity contribution in [3.05, 3.63) is 45.7 Å². The van der Waals surface area contributed by atoms with Gasteiger partial charge in [0.2, 0.25) is 0 Å². The van der Waals surface area contributed by atoms with Crippen molar-refractivity contribution in [3.8, 4) is 5.69 Å². The maximum atomic E-state index is 6.20. The molecule has 2 rings (SSSR count). The van der Waals surface area contributed by atoms with Gasteiger partial charge >= 0.3 is 0 Å². The van der Waals surface area contributed by atoms with Gasteiger partial charge in [-0.3, -0.25) is 0 Å². The molecule has 0 saturated carbocycles. The maximum absolute atomic E-state index is 6.20. The molecule has 1 atom stereocenters. The van der Waals surface area contributed by atoms with Crippen molar-refractivity contribution in [2.75, 3.05) is 7.11 Å². The molecule has 17 heavy (non-hydrogen) atoms. The maximum Gasteiger partial charge on any atom is 0.0978 e. The summed E-state index contributed by atoms with van der Waals surface area (Å²) in [5, 5.41) is 4.87. The quantitative estimate of drug-likeness (QED) is 0.861. The van der Waals surface area contributed by atoms with Gasteiger partial charge in [-0.15, -0.1) is 0 Å². The van der Waals surface area contributed by atoms with Crippen LogP contribution < -0.4 is 0 Å². The summed E-state index contributed by atoms with van der Waals surface area (Å²) in [7, 11) is 1.65. The Morgan fingerprint density at radius 2 is 2.29 bits per heavy atom. The standard InChI is InChI=1S/C12H11BrClN2O/c1-8(17-2)11-6-7-15-16(11)12-9(13)4-3-5-10(12)14/h3-5,7-8H,1-2H3. The summed E-state index contributed by atoms with van der Waals surface area (Å²) >= 11 is 9.67. The fourth-order valence-electron chi connectivity index (χ4n) is 1.55. The molecule has 1 aromatic carbocycles. The lowest BCUT2D eigenvalue weighted by Gasteiger charge is -2.14. The van der Waals surface area contributed by atoms with E-state index >= 15 is 0 Å². The fraction of sp³-hybridized carbons (Fsp3) is 0.250. The third-order valence-corrected chi connectivity index (χ3v) is 3.45. The number of hydrogen-bond donors (Lipinski definition) is 0. The summed E-state index contributed by atoms with van der Waals surface area (Å²) in [6.07, 6.45) is 1.52. The Labute approximate surface area is 113 Å². The van der Waals surface area contributed by atoms with Gasteiger partial charge in [0.25, 0.3) is 0 Å². The summed E-state index contributed by atoms with van der Waals surface area (Å²) in [5.74, 6) is 0. The molecule has 5 heteroatoms. The van der Waals surface area contributed by atoms with Crippen molar-refractivity contribution in [1.82, 2.24) is 9.78 Å². The van der Waals surface area contributed by atoms with Crippen molar-refractivity contribution in [2.45, 2.75) is 13.0 Å². The van der Waals surface area contributed by atoms with Gasteiger partial charge in [-0.1, -0.05) is 17.7 Å². The van der Waals surface area contributed by atoms with E-state index < -0.39 is 0 Å². The van der Waals surface area contributed by atoms with Crippen LogP contribution in [-0.4, -0.2) is 16.9 Å². The van der Waals surface area contributed by atoms with Crippen molar-refractivity contribution in [2.24, 2.45) is 0 Å². The molecule has 0 bridgehead atoms. The number of aromatic nitrogens is 2. The second-order valence-corrected chi connectivity index (χ2v) is 4.80. The van der Waals surface area contributed by atoms with Crippen molar-refractivity contribution in [3.63, 3.8) is 0 Å². The minimum atomic E-state index is -0.0966. The lowest BCUT2D eigenvalue weighted by Crippen LogP contribution is -2.08. The van der Waals surface area contributed by atoms with Crippen LogP contribution in [0.2, 0.25) is 5.02 Å². The number of rotatable bonds is 3. The highest BCUT2D eigenvalue weighted by molar-refractivity contribution is 9.10. The van der Waals surface area contributed by atoms with Crippen LogP contribution in [0.25, 0.3) is 5.69 Å². The van der Waals surface area contributed by atoms with E-state index in [0.29, 0.717) is 5.02 Å². The number of methoxy groups -OCH3 is 1. The van der Waals surface area contributed by atoms with Crippen LogP contribution in [0.4, 0.5) is 0 Å². The summed E-state index contributed by atoms with van der Waals surface area (Å²) < 4.78 is 7.90. The van der Waals surface area contributed by atoms with Crippen LogP contribution in [0.1, 0.15) is 18.7 Å². The van der Waals surface area contributed by atoms with E-state index in [-0.39, 0.29) is 6.10 Å². The first-order chi connectivity index (χ1) is 8.15. The van der Waals surface area contributed by atoms with E-state index in [9.17, 15) is 0 Å². The van der Waals surface area contributed by atoms with E-state index in [4.69, 9.17) is 16.3 Å². The summed E-state index contributed by atoms with van der Waals surface area (Å²) in [6.45, 7) is 1.94. The van der Waals surface area contributed by atoms with Crippen molar-refractivity contribution < 1.29 is 4.74 Å². The monoisotopic (exact) mass is 313 g/mol. The number of para-hydroxylation sites is 1. The molecule has 0 spiro atoms. The van der Waals surface area contributed by atoms with E-state index in [1.807, 2.05) is 25.1 Å². The van der Waals surface area contributed by atoms with E-state index in [0.717, 1.165) is 15.9 Å². The lowest BCUT2D eigenvalue weighted by molar-refractivity contribution is 0.113. The molecular weight excluding hydrogens is 304 g/mol. The molecule has 1 aromatic heterocycles. The van der Waals surface area contributed by atoms with Crippen LogP contribution >= 0.6 is 27.5 Å². The summed E-state index contributed by atoms with van der Waals surface area (Å²) in [5.41, 5.74) is 1.63. The Morgan fingerprint density at radius 3 is 2.94 bits per heavy atom. The minimum absolute atomic E-state index is 0.0966. The van der Waals surface area contributed by atoms with E-state index in [1.165, 1.54) is 0 Å². The number of hydrogen-bond acceptors (Lipinski definition) is 2. The van der Waals surface area contributed by atoms with Crippen LogP contribution in [0.5, 0.6) is 0 Å². The first-order valence-electron chi connectivity index (χ1n) is 5.08. The number of nitrogens with zero attached hydrogens (tertiary/aromatic N) is 2. The molecule has 89 valence electrons. The van der Waals surface area contributed by atoms with Gasteiger partial charge in [0.1, 0.15) is 0 Å². The fourth-order valence-corrected chi connectivity index (χ4v) is 2.45. The van der Waals surface area contributed by atoms with Crippen molar-refractivity contribution in [1.29, 1.82) is 0 Å².